The van der Waals surface area contributed by atoms with E-state index in [2.05, 4.69) is 32.9 Å². The largest absolute Gasteiger partial charge is 0.461 e. The number of esters is 1. The van der Waals surface area contributed by atoms with Crippen molar-refractivity contribution in [3.63, 3.8) is 0 Å². The second-order valence-corrected chi connectivity index (χ2v) is 6.60. The summed E-state index contributed by atoms with van der Waals surface area (Å²) in [7, 11) is 0. The topological polar surface area (TPSA) is 35.5 Å². The first-order valence-electron chi connectivity index (χ1n) is 7.84. The van der Waals surface area contributed by atoms with Gasteiger partial charge < -0.3 is 9.47 Å². The van der Waals surface area contributed by atoms with Crippen molar-refractivity contribution in [1.29, 1.82) is 0 Å². The number of aryl methyl sites for hydroxylation is 1. The maximum Gasteiger partial charge on any atom is 0.306 e. The highest BCUT2D eigenvalue weighted by Gasteiger charge is 2.41. The fourth-order valence-corrected chi connectivity index (χ4v) is 2.94. The Kier molecular flexibility index (Phi) is 5.40. The van der Waals surface area contributed by atoms with Crippen LogP contribution in [0.2, 0.25) is 0 Å². The number of carbonyl (C=O) groups excluding carboxylic acids is 1. The third-order valence-corrected chi connectivity index (χ3v) is 4.01. The Balaban J connectivity index is 1.81. The standard InChI is InChI=1S/C18H26O3/c1-4-15-5-7-16(8-6-15)11-21-17(19)10-18(9-14(2)3)12-20-13-18/h5-8,14H,4,9-13H2,1-3H3. The molecule has 1 aromatic carbocycles. The number of benzene rings is 1. The number of ether oxygens (including phenoxy) is 2. The molecule has 1 aromatic rings. The average molecular weight is 290 g/mol. The molecule has 1 aliphatic heterocycles. The van der Waals surface area contributed by atoms with Crippen LogP contribution in [0.1, 0.15) is 44.7 Å². The number of hydrogen-bond donors (Lipinski definition) is 0. The highest BCUT2D eigenvalue weighted by atomic mass is 16.5. The van der Waals surface area contributed by atoms with E-state index in [0.717, 1.165) is 18.4 Å². The van der Waals surface area contributed by atoms with E-state index in [1.54, 1.807) is 0 Å². The monoisotopic (exact) mass is 290 g/mol. The minimum atomic E-state index is -0.112. The summed E-state index contributed by atoms with van der Waals surface area (Å²) < 4.78 is 10.7. The molecule has 1 heterocycles. The Morgan fingerprint density at radius 3 is 2.33 bits per heavy atom. The highest BCUT2D eigenvalue weighted by molar-refractivity contribution is 5.70. The molecule has 0 aromatic heterocycles. The van der Waals surface area contributed by atoms with Crippen LogP contribution in [0.15, 0.2) is 24.3 Å². The molecular formula is C18H26O3. The normalized spacial score (nSPS) is 16.6. The second kappa shape index (κ2) is 7.08. The smallest absolute Gasteiger partial charge is 0.306 e. The van der Waals surface area contributed by atoms with Crippen molar-refractivity contribution >= 4 is 5.97 Å². The van der Waals surface area contributed by atoms with Crippen LogP contribution in [-0.2, 0) is 27.3 Å². The Morgan fingerprint density at radius 1 is 1.24 bits per heavy atom. The zero-order chi connectivity index (χ0) is 15.3. The highest BCUT2D eigenvalue weighted by Crippen LogP contribution is 2.38. The van der Waals surface area contributed by atoms with Gasteiger partial charge in [0.1, 0.15) is 6.61 Å². The fourth-order valence-electron chi connectivity index (χ4n) is 2.94. The number of carbonyl (C=O) groups is 1. The SMILES string of the molecule is CCc1ccc(COC(=O)CC2(CC(C)C)COC2)cc1. The lowest BCUT2D eigenvalue weighted by Gasteiger charge is -2.42. The summed E-state index contributed by atoms with van der Waals surface area (Å²) in [5, 5.41) is 0. The van der Waals surface area contributed by atoms with Crippen LogP contribution < -0.4 is 0 Å². The molecule has 0 atom stereocenters. The van der Waals surface area contributed by atoms with Gasteiger partial charge in [-0.2, -0.15) is 0 Å². The molecule has 0 bridgehead atoms. The zero-order valence-corrected chi connectivity index (χ0v) is 13.4. The van der Waals surface area contributed by atoms with E-state index in [0.29, 0.717) is 32.2 Å². The predicted octanol–water partition coefficient (Wildman–Crippen LogP) is 3.75. The fraction of sp³-hybridized carbons (Fsp3) is 0.611. The van der Waals surface area contributed by atoms with E-state index in [4.69, 9.17) is 9.47 Å². The Labute approximate surface area is 127 Å². The van der Waals surface area contributed by atoms with Crippen molar-refractivity contribution in [3.8, 4) is 0 Å². The maximum atomic E-state index is 12.1. The van der Waals surface area contributed by atoms with Crippen LogP contribution in [0.4, 0.5) is 0 Å². The van der Waals surface area contributed by atoms with Gasteiger partial charge in [0.2, 0.25) is 0 Å². The molecule has 21 heavy (non-hydrogen) atoms. The zero-order valence-electron chi connectivity index (χ0n) is 13.4. The van der Waals surface area contributed by atoms with E-state index in [-0.39, 0.29) is 11.4 Å². The molecule has 0 unspecified atom stereocenters. The van der Waals surface area contributed by atoms with Crippen LogP contribution in [-0.4, -0.2) is 19.2 Å². The van der Waals surface area contributed by atoms with Crippen molar-refractivity contribution in [2.75, 3.05) is 13.2 Å². The summed E-state index contributed by atoms with van der Waals surface area (Å²) in [4.78, 5) is 12.1. The molecule has 116 valence electrons. The van der Waals surface area contributed by atoms with Crippen molar-refractivity contribution in [2.24, 2.45) is 11.3 Å². The van der Waals surface area contributed by atoms with Gasteiger partial charge in [-0.3, -0.25) is 4.79 Å². The van der Waals surface area contributed by atoms with Gasteiger partial charge in [-0.1, -0.05) is 45.0 Å². The van der Waals surface area contributed by atoms with Gasteiger partial charge in [0.15, 0.2) is 0 Å². The lowest BCUT2D eigenvalue weighted by atomic mass is 9.76. The van der Waals surface area contributed by atoms with Crippen molar-refractivity contribution in [2.45, 2.75) is 46.6 Å². The summed E-state index contributed by atoms with van der Waals surface area (Å²) in [6.45, 7) is 8.23. The maximum absolute atomic E-state index is 12.1. The molecule has 0 amide bonds. The molecule has 3 heteroatoms. The summed E-state index contributed by atoms with van der Waals surface area (Å²) in [5.74, 6) is 0.460. The third-order valence-electron chi connectivity index (χ3n) is 4.01. The van der Waals surface area contributed by atoms with Crippen LogP contribution >= 0.6 is 0 Å². The van der Waals surface area contributed by atoms with Gasteiger partial charge in [-0.05, 0) is 29.9 Å². The van der Waals surface area contributed by atoms with Gasteiger partial charge >= 0.3 is 5.97 Å². The van der Waals surface area contributed by atoms with Gasteiger partial charge in [0.25, 0.3) is 0 Å². The first-order chi connectivity index (χ1) is 10.0. The molecular weight excluding hydrogens is 264 g/mol. The molecule has 1 fully saturated rings. The number of hydrogen-bond acceptors (Lipinski definition) is 3. The van der Waals surface area contributed by atoms with E-state index in [9.17, 15) is 4.79 Å². The summed E-state index contributed by atoms with van der Waals surface area (Å²) in [6.07, 6.45) is 2.52. The lowest BCUT2D eigenvalue weighted by Crippen LogP contribution is -2.45. The number of rotatable bonds is 7. The van der Waals surface area contributed by atoms with E-state index in [1.807, 2.05) is 12.1 Å². The second-order valence-electron chi connectivity index (χ2n) is 6.60. The summed E-state index contributed by atoms with van der Waals surface area (Å²) in [5.41, 5.74) is 2.35. The van der Waals surface area contributed by atoms with E-state index >= 15 is 0 Å². The molecule has 0 aliphatic carbocycles. The third kappa shape index (κ3) is 4.57. The first-order valence-corrected chi connectivity index (χ1v) is 7.84. The molecule has 3 nitrogen and oxygen atoms in total. The van der Waals surface area contributed by atoms with Crippen molar-refractivity contribution in [3.05, 3.63) is 35.4 Å². The first kappa shape index (κ1) is 16.0. The van der Waals surface area contributed by atoms with Crippen molar-refractivity contribution in [1.82, 2.24) is 0 Å². The quantitative estimate of drug-likeness (QED) is 0.718. The molecule has 2 rings (SSSR count). The van der Waals surface area contributed by atoms with Crippen LogP contribution in [0.5, 0.6) is 0 Å². The molecule has 1 saturated heterocycles. The van der Waals surface area contributed by atoms with Gasteiger partial charge in [-0.25, -0.2) is 0 Å². The molecule has 0 saturated carbocycles. The molecule has 1 aliphatic rings. The Hall–Kier alpha value is -1.35. The minimum Gasteiger partial charge on any atom is -0.461 e. The van der Waals surface area contributed by atoms with E-state index < -0.39 is 0 Å². The molecule has 0 spiro atoms. The molecule has 0 radical (unpaired) electrons. The van der Waals surface area contributed by atoms with Crippen LogP contribution in [0, 0.1) is 11.3 Å². The predicted molar refractivity (Wildman–Crippen MR) is 82.9 cm³/mol. The van der Waals surface area contributed by atoms with Crippen LogP contribution in [0.25, 0.3) is 0 Å². The van der Waals surface area contributed by atoms with E-state index in [1.165, 1.54) is 5.56 Å². The summed E-state index contributed by atoms with van der Waals surface area (Å²) in [6, 6.07) is 8.23. The minimum absolute atomic E-state index is 0.0112. The van der Waals surface area contributed by atoms with Gasteiger partial charge in [0.05, 0.1) is 19.6 Å². The lowest BCUT2D eigenvalue weighted by molar-refractivity contribution is -0.166. The summed E-state index contributed by atoms with van der Waals surface area (Å²) >= 11 is 0. The molecule has 0 N–H and O–H groups in total. The van der Waals surface area contributed by atoms with Gasteiger partial charge in [0, 0.05) is 5.41 Å². The van der Waals surface area contributed by atoms with Crippen LogP contribution in [0.3, 0.4) is 0 Å². The Bertz CT molecular complexity index is 458. The Morgan fingerprint density at radius 2 is 1.86 bits per heavy atom. The van der Waals surface area contributed by atoms with Gasteiger partial charge in [-0.15, -0.1) is 0 Å². The van der Waals surface area contributed by atoms with Crippen molar-refractivity contribution < 1.29 is 14.3 Å². The average Bonchev–Trinajstić information content (AvgIpc) is 2.43.